The van der Waals surface area contributed by atoms with Crippen LogP contribution in [0.25, 0.3) is 0 Å². The lowest BCUT2D eigenvalue weighted by Crippen LogP contribution is -2.65. The fourth-order valence-corrected chi connectivity index (χ4v) is 4.40. The summed E-state index contributed by atoms with van der Waals surface area (Å²) in [5, 5.41) is -0.0956. The quantitative estimate of drug-likeness (QED) is 0.523. The van der Waals surface area contributed by atoms with Gasteiger partial charge in [-0.1, -0.05) is 40.6 Å². The Morgan fingerprint density at radius 1 is 0.870 bits per heavy atom. The molecule has 1 aromatic rings. The van der Waals surface area contributed by atoms with E-state index in [1.807, 2.05) is 31.4 Å². The first-order chi connectivity index (χ1) is 10.3. The minimum Gasteiger partial charge on any atom is -0.316 e. The van der Waals surface area contributed by atoms with E-state index in [4.69, 9.17) is 17.3 Å². The second kappa shape index (κ2) is 5.59. The summed E-state index contributed by atoms with van der Waals surface area (Å²) in [5.41, 5.74) is 11.2. The summed E-state index contributed by atoms with van der Waals surface area (Å²) in [7, 11) is 16.4. The van der Waals surface area contributed by atoms with E-state index in [0.29, 0.717) is 5.02 Å². The third-order valence-corrected chi connectivity index (χ3v) is 6.89. The zero-order chi connectivity index (χ0) is 18.0. The van der Waals surface area contributed by atoms with Gasteiger partial charge in [-0.25, -0.2) is 0 Å². The molecule has 11 heteroatoms. The van der Waals surface area contributed by atoms with Gasteiger partial charge < -0.3 is 5.73 Å². The highest BCUT2D eigenvalue weighted by Gasteiger charge is 2.57. The van der Waals surface area contributed by atoms with Crippen LogP contribution in [0.4, 0.5) is 0 Å². The van der Waals surface area contributed by atoms with Crippen molar-refractivity contribution < 1.29 is 4.79 Å². The average molecular weight is 318 g/mol. The van der Waals surface area contributed by atoms with Gasteiger partial charge in [0.15, 0.2) is 0 Å². The van der Waals surface area contributed by atoms with Crippen molar-refractivity contribution >= 4 is 102 Å². The maximum Gasteiger partial charge on any atom is 0.147 e. The van der Waals surface area contributed by atoms with Crippen LogP contribution in [0.2, 0.25) is 15.5 Å². The zero-order valence-electron chi connectivity index (χ0n) is 15.8. The summed E-state index contributed by atoms with van der Waals surface area (Å²) in [4.78, 5) is 13.4. The van der Waals surface area contributed by atoms with E-state index in [1.165, 1.54) is 10.9 Å². The number of carbonyl (C=O) groups excluding carboxylic acids is 1. The van der Waals surface area contributed by atoms with Gasteiger partial charge in [0.2, 0.25) is 0 Å². The van der Waals surface area contributed by atoms with Crippen LogP contribution in [0, 0.1) is 0 Å². The first-order valence-corrected chi connectivity index (χ1v) is 8.77. The van der Waals surface area contributed by atoms with Gasteiger partial charge in [0.05, 0.1) is 5.54 Å². The fraction of sp³-hybridized carbons (Fsp3) is 0.417. The Hall–Kier alpha value is -0.341. The third-order valence-electron chi connectivity index (χ3n) is 6.42. The number of hydrogen-bond donors (Lipinski definition) is 1. The van der Waals surface area contributed by atoms with Crippen LogP contribution in [-0.4, -0.2) is 68.6 Å². The molecule has 1 aliphatic rings. The summed E-state index contributed by atoms with van der Waals surface area (Å²) < 4.78 is 0. The second-order valence-electron chi connectivity index (χ2n) is 8.59. The number of halogens is 1. The maximum atomic E-state index is 13.4. The highest BCUT2D eigenvalue weighted by molar-refractivity contribution is 6.66. The van der Waals surface area contributed by atoms with Crippen LogP contribution < -0.4 is 27.6 Å². The van der Waals surface area contributed by atoms with Crippen molar-refractivity contribution in [3.05, 3.63) is 10.6 Å². The van der Waals surface area contributed by atoms with Crippen molar-refractivity contribution in [2.75, 3.05) is 0 Å². The Morgan fingerprint density at radius 2 is 1.35 bits per heavy atom. The van der Waals surface area contributed by atoms with Crippen molar-refractivity contribution in [1.29, 1.82) is 0 Å². The lowest BCUT2D eigenvalue weighted by atomic mass is 9.31. The van der Waals surface area contributed by atoms with Gasteiger partial charge in [-0.15, -0.1) is 10.9 Å². The number of Topliss-reactive ketones (excluding diaryl/α,β-unsaturated/α-hetero) is 1. The molecule has 1 atom stereocenters. The molecule has 1 fully saturated rings. The zero-order valence-corrected chi connectivity index (χ0v) is 16.5. The van der Waals surface area contributed by atoms with E-state index >= 15 is 0 Å². The van der Waals surface area contributed by atoms with Crippen LogP contribution in [-0.2, 0) is 10.3 Å². The van der Waals surface area contributed by atoms with Crippen molar-refractivity contribution in [2.24, 2.45) is 5.73 Å². The third kappa shape index (κ3) is 2.52. The molecular weight excluding hydrogens is 296 g/mol. The summed E-state index contributed by atoms with van der Waals surface area (Å²) in [6, 6.07) is 0. The molecule has 1 unspecified atom stereocenters. The molecule has 2 N–H and O–H groups in total. The van der Waals surface area contributed by atoms with Crippen molar-refractivity contribution in [3.63, 3.8) is 0 Å². The molecule has 0 saturated heterocycles. The van der Waals surface area contributed by atoms with Gasteiger partial charge >= 0.3 is 0 Å². The predicted octanol–water partition coefficient (Wildman–Crippen LogP) is -8.34. The summed E-state index contributed by atoms with van der Waals surface area (Å²) >= 11 is 6.75. The number of benzene rings is 1. The summed E-state index contributed by atoms with van der Waals surface area (Å²) in [6.07, 6.45) is 1.77. The number of hydrogen-bond acceptors (Lipinski definition) is 2. The second-order valence-corrected chi connectivity index (χ2v) is 8.97. The van der Waals surface area contributed by atoms with Crippen LogP contribution in [0.1, 0.15) is 18.4 Å². The number of ketones is 1. The van der Waals surface area contributed by atoms with E-state index in [1.54, 1.807) is 0 Å². The Labute approximate surface area is 152 Å². The Morgan fingerprint density at radius 3 is 1.87 bits per heavy atom. The molecule has 112 valence electrons. The van der Waals surface area contributed by atoms with Gasteiger partial charge in [-0.05, 0) is 10.8 Å². The molecule has 2 nitrogen and oxygen atoms in total. The summed E-state index contributed by atoms with van der Waals surface area (Å²) in [5.74, 6) is 0.105. The highest BCUT2D eigenvalue weighted by atomic mass is 35.5. The van der Waals surface area contributed by atoms with Crippen molar-refractivity contribution in [1.82, 2.24) is 0 Å². The lowest BCUT2D eigenvalue weighted by molar-refractivity contribution is -0.128. The predicted molar refractivity (Wildman–Crippen MR) is 124 cm³/mol. The lowest BCUT2D eigenvalue weighted by Gasteiger charge is -2.53. The average Bonchev–Trinajstić information content (AvgIpc) is 2.47. The van der Waals surface area contributed by atoms with Crippen LogP contribution in [0.15, 0.2) is 0 Å². The molecule has 2 rings (SSSR count). The standard InChI is InChI=1S/C12H22B8ClNO/c13-4-3(8(21)7(16)6(15)5(4)14)12(22)9(23)10(17,18)1-2-11(12,19)20/h1-2,13-20,22H2. The SMILES string of the molecule is Bc1c(B)c(B)c(C2(N)C(=O)C(B)(B)CCC2(B)B)c(Cl)c1B. The molecule has 0 bridgehead atoms. The normalized spacial score (nSPS) is 26.1. The molecule has 0 radical (unpaired) electrons. The maximum absolute atomic E-state index is 13.4. The van der Waals surface area contributed by atoms with E-state index in [9.17, 15) is 4.79 Å². The topological polar surface area (TPSA) is 43.1 Å². The first-order valence-electron chi connectivity index (χ1n) is 8.39. The molecule has 0 aromatic heterocycles. The van der Waals surface area contributed by atoms with E-state index in [2.05, 4.69) is 31.4 Å². The highest BCUT2D eigenvalue weighted by Crippen LogP contribution is 2.54. The van der Waals surface area contributed by atoms with E-state index in [0.717, 1.165) is 29.3 Å². The summed E-state index contributed by atoms with van der Waals surface area (Å²) in [6.45, 7) is 0. The van der Waals surface area contributed by atoms with Crippen molar-refractivity contribution in [2.45, 2.75) is 28.8 Å². The van der Waals surface area contributed by atoms with Gasteiger partial charge in [0.1, 0.15) is 68.6 Å². The molecule has 1 aromatic carbocycles. The van der Waals surface area contributed by atoms with Gasteiger partial charge in [0.25, 0.3) is 0 Å². The largest absolute Gasteiger partial charge is 0.316 e. The monoisotopic (exact) mass is 319 g/mol. The molecule has 23 heavy (non-hydrogen) atoms. The minimum atomic E-state index is -1.06. The van der Waals surface area contributed by atoms with Crippen LogP contribution in [0.3, 0.4) is 0 Å². The van der Waals surface area contributed by atoms with Gasteiger partial charge in [-0.2, -0.15) is 0 Å². The number of rotatable bonds is 1. The Balaban J connectivity index is 2.89. The first kappa shape index (κ1) is 19.0. The molecule has 0 aliphatic heterocycles. The molecular formula is C12H22B8ClNO. The Kier molecular flexibility index (Phi) is 4.62. The smallest absolute Gasteiger partial charge is 0.147 e. The fourth-order valence-electron chi connectivity index (χ4n) is 3.96. The van der Waals surface area contributed by atoms with E-state index in [-0.39, 0.29) is 11.0 Å². The van der Waals surface area contributed by atoms with Gasteiger partial charge in [0, 0.05) is 5.02 Å². The molecule has 0 spiro atoms. The molecule has 0 amide bonds. The minimum absolute atomic E-state index is 0.105. The van der Waals surface area contributed by atoms with Gasteiger partial charge in [-0.3, -0.25) is 4.79 Å². The number of nitrogens with two attached hydrogens (primary N) is 1. The van der Waals surface area contributed by atoms with Crippen LogP contribution >= 0.6 is 11.6 Å². The molecule has 0 heterocycles. The van der Waals surface area contributed by atoms with Crippen LogP contribution in [0.5, 0.6) is 0 Å². The Bertz CT molecular complexity index is 678. The van der Waals surface area contributed by atoms with Crippen molar-refractivity contribution in [3.8, 4) is 0 Å². The molecule has 1 aliphatic carbocycles. The number of carbonyl (C=O) groups is 1. The molecule has 1 saturated carbocycles. The van der Waals surface area contributed by atoms with E-state index < -0.39 is 10.8 Å².